The third kappa shape index (κ3) is 21.0. The van der Waals surface area contributed by atoms with Crippen molar-refractivity contribution in [2.75, 3.05) is 27.1 Å². The fraction of sp³-hybridized carbons (Fsp3) is 0.179. The number of carbonyl (C=O) groups excluding carboxylic acids is 5. The summed E-state index contributed by atoms with van der Waals surface area (Å²) in [6.07, 6.45) is 11.3. The van der Waals surface area contributed by atoms with Crippen LogP contribution < -0.4 is 36.6 Å². The van der Waals surface area contributed by atoms with Crippen molar-refractivity contribution in [3.8, 4) is 50.6 Å². The molecule has 0 saturated heterocycles. The summed E-state index contributed by atoms with van der Waals surface area (Å²) in [6.45, 7) is 4.33. The molecule has 23 nitrogen and oxygen atoms in total. The van der Waals surface area contributed by atoms with Gasteiger partial charge in [0, 0.05) is 160 Å². The molecular weight excluding hydrogens is 1600 g/mol. The van der Waals surface area contributed by atoms with Crippen molar-refractivity contribution in [2.24, 2.45) is 21.1 Å². The maximum absolute atomic E-state index is 13.9. The topological polar surface area (TPSA) is 296 Å². The molecule has 0 saturated carbocycles. The second-order valence-corrected chi connectivity index (χ2v) is 30.3. The van der Waals surface area contributed by atoms with Crippen LogP contribution in [-0.4, -0.2) is 104 Å². The number of ketones is 5. The Hall–Kier alpha value is -13.9. The number of nitrogen functional groups attached to an aromatic ring is 1. The van der Waals surface area contributed by atoms with Crippen molar-refractivity contribution in [2.45, 2.75) is 71.0 Å². The lowest BCUT2D eigenvalue weighted by Crippen LogP contribution is -2.32. The number of carbonyl (C=O) groups is 6. The SMILES string of the molecule is COc1cn(C(Cc2ccccc2)C(=O)Cc2ccc3nn(C)cc3c2)c(=O)cc1-c1cc(Cl)ccc1C(C)=O.COc1cn(C(Cc2ccccc2)C(=O)Cc2ccc3nn(C)cc3c2)c(=O)cc1-c1cc(Cl)ccc1C(C)=O.COc1cn(C(Cc2ccccc2)C(=O)O)c(=O)cc1-c1cc(Cl)ccc1C(C)=O.Cn1cc2cc(N)ccc2n1. The maximum atomic E-state index is 13.9. The van der Waals surface area contributed by atoms with Crippen molar-refractivity contribution in [1.82, 2.24) is 43.0 Å². The minimum Gasteiger partial charge on any atom is -0.495 e. The molecule has 0 aliphatic heterocycles. The van der Waals surface area contributed by atoms with Gasteiger partial charge in [-0.1, -0.05) is 138 Å². The van der Waals surface area contributed by atoms with Crippen molar-refractivity contribution >= 4 is 108 Å². The highest BCUT2D eigenvalue weighted by molar-refractivity contribution is 6.32. The number of carboxylic acid groups (broad SMARTS) is 1. The van der Waals surface area contributed by atoms with Gasteiger partial charge in [0.15, 0.2) is 28.9 Å². The van der Waals surface area contributed by atoms with E-state index in [0.717, 1.165) is 70.8 Å². The van der Waals surface area contributed by atoms with Gasteiger partial charge in [-0.05, 0) is 162 Å². The summed E-state index contributed by atoms with van der Waals surface area (Å²) >= 11 is 18.6. The van der Waals surface area contributed by atoms with Crippen LogP contribution in [0.15, 0.2) is 270 Å². The lowest BCUT2D eigenvalue weighted by molar-refractivity contribution is -0.141. The number of pyridine rings is 3. The third-order valence-electron chi connectivity index (χ3n) is 20.4. The Bertz CT molecular complexity index is 6350. The van der Waals surface area contributed by atoms with Crippen LogP contribution in [0.3, 0.4) is 0 Å². The molecular formula is C95H85Cl3N10O13. The third-order valence-corrected chi connectivity index (χ3v) is 21.1. The van der Waals surface area contributed by atoms with Gasteiger partial charge in [0.05, 0.1) is 68.6 Å². The molecule has 0 amide bonds. The molecule has 614 valence electrons. The summed E-state index contributed by atoms with van der Waals surface area (Å²) in [5.74, 6) is -0.922. The van der Waals surface area contributed by atoms with E-state index in [0.29, 0.717) is 89.5 Å². The number of benzene rings is 9. The molecule has 9 aromatic carbocycles. The van der Waals surface area contributed by atoms with E-state index in [9.17, 15) is 48.3 Å². The number of hydrogen-bond acceptors (Lipinski definition) is 16. The molecule has 3 N–H and O–H groups in total. The molecule has 3 atom stereocenters. The van der Waals surface area contributed by atoms with E-state index in [1.807, 2.05) is 173 Å². The first-order valence-electron chi connectivity index (χ1n) is 38.3. The maximum Gasteiger partial charge on any atom is 0.327 e. The van der Waals surface area contributed by atoms with Gasteiger partial charge in [0.2, 0.25) is 0 Å². The lowest BCUT2D eigenvalue weighted by Gasteiger charge is -2.21. The number of aromatic nitrogens is 9. The predicted octanol–water partition coefficient (Wildman–Crippen LogP) is 17.1. The minimum absolute atomic E-state index is 0.115. The van der Waals surface area contributed by atoms with Gasteiger partial charge in [0.1, 0.15) is 23.3 Å². The van der Waals surface area contributed by atoms with Crippen molar-refractivity contribution in [3.05, 3.63) is 346 Å². The Morgan fingerprint density at radius 3 is 0.967 bits per heavy atom. The van der Waals surface area contributed by atoms with Gasteiger partial charge < -0.3 is 34.2 Å². The number of carboxylic acids is 1. The Balaban J connectivity index is 0.000000157. The molecule has 0 fully saturated rings. The molecule has 15 rings (SSSR count). The zero-order chi connectivity index (χ0) is 86.5. The molecule has 121 heavy (non-hydrogen) atoms. The van der Waals surface area contributed by atoms with Crippen molar-refractivity contribution in [1.29, 1.82) is 0 Å². The largest absolute Gasteiger partial charge is 0.495 e. The van der Waals surface area contributed by atoms with Crippen LogP contribution in [0.2, 0.25) is 15.1 Å². The standard InChI is InChI=1S/2C32H28ClN3O4.C23H20ClNO5.C8H9N3/c2*1-20(37)25-11-10-24(33)16-26(25)27-17-32(39)36(19-31(27)40-3)29(14-21-7-5-4-6-8-21)30(38)15-22-9-12-28-23(13-22)18-35(2)34-28;1-14(26)17-9-8-16(24)11-18(17)19-12-22(27)25(13-21(19)30-2)20(23(28)29)10-15-6-4-3-5-7-15;1-11-5-6-4-7(9)2-3-8(6)10-11/h2*4-13,16-19,29H,14-15H2,1-3H3;3-9,11-13,20H,10H2,1-2H3,(H,28,29);2-5H,9H2,1H3. The van der Waals surface area contributed by atoms with E-state index in [1.165, 1.54) is 75.6 Å². The van der Waals surface area contributed by atoms with Crippen molar-refractivity contribution < 1.29 is 48.1 Å². The number of Topliss-reactive ketones (excluding diaryl/α,β-unsaturated/α-hetero) is 5. The summed E-state index contributed by atoms with van der Waals surface area (Å²) in [6, 6.07) is 61.4. The van der Waals surface area contributed by atoms with E-state index in [1.54, 1.807) is 93.2 Å². The Morgan fingerprint density at radius 2 is 0.661 bits per heavy atom. The molecule has 15 aromatic rings. The lowest BCUT2D eigenvalue weighted by atomic mass is 9.95. The van der Waals surface area contributed by atoms with Gasteiger partial charge in [-0.25, -0.2) is 4.79 Å². The second kappa shape index (κ2) is 38.7. The van der Waals surface area contributed by atoms with Gasteiger partial charge >= 0.3 is 5.97 Å². The summed E-state index contributed by atoms with van der Waals surface area (Å²) in [5.41, 5.74) is 16.0. The summed E-state index contributed by atoms with van der Waals surface area (Å²) in [7, 11) is 10.0. The van der Waals surface area contributed by atoms with E-state index < -0.39 is 29.7 Å². The first-order valence-corrected chi connectivity index (χ1v) is 39.4. The Labute approximate surface area is 710 Å². The van der Waals surface area contributed by atoms with Crippen LogP contribution in [0.5, 0.6) is 17.2 Å². The number of hydrogen-bond donors (Lipinski definition) is 2. The first-order chi connectivity index (χ1) is 58.0. The van der Waals surface area contributed by atoms with E-state index >= 15 is 0 Å². The molecule has 0 bridgehead atoms. The quantitative estimate of drug-likeness (QED) is 0.0397. The molecule has 0 radical (unpaired) electrons. The molecule has 0 aliphatic carbocycles. The Morgan fingerprint density at radius 1 is 0.364 bits per heavy atom. The molecule has 6 heterocycles. The van der Waals surface area contributed by atoms with Crippen LogP contribution in [-0.2, 0) is 67.6 Å². The number of aryl methyl sites for hydroxylation is 3. The van der Waals surface area contributed by atoms with Crippen LogP contribution in [0.1, 0.15) is 97.8 Å². The molecule has 3 unspecified atom stereocenters. The highest BCUT2D eigenvalue weighted by Gasteiger charge is 2.30. The number of rotatable bonds is 25. The number of aliphatic carboxylic acids is 1. The molecule has 26 heteroatoms. The number of halogens is 3. The van der Waals surface area contributed by atoms with Crippen LogP contribution >= 0.6 is 34.8 Å². The number of anilines is 1. The summed E-state index contributed by atoms with van der Waals surface area (Å²) < 4.78 is 26.1. The smallest absolute Gasteiger partial charge is 0.327 e. The molecule has 0 spiro atoms. The predicted molar refractivity (Wildman–Crippen MR) is 472 cm³/mol. The van der Waals surface area contributed by atoms with Crippen LogP contribution in [0.4, 0.5) is 5.69 Å². The van der Waals surface area contributed by atoms with E-state index in [4.69, 9.17) is 54.7 Å². The average Bonchev–Trinajstić information content (AvgIpc) is 1.69. The van der Waals surface area contributed by atoms with E-state index in [-0.39, 0.29) is 65.0 Å². The molecule has 0 aliphatic rings. The normalized spacial score (nSPS) is 11.7. The van der Waals surface area contributed by atoms with E-state index in [2.05, 4.69) is 15.3 Å². The zero-order valence-corrected chi connectivity index (χ0v) is 69.9. The number of nitrogens with two attached hydrogens (primary N) is 1. The van der Waals surface area contributed by atoms with Crippen LogP contribution in [0.25, 0.3) is 66.1 Å². The number of fused-ring (bicyclic) bond motifs is 3. The van der Waals surface area contributed by atoms with Crippen molar-refractivity contribution in [3.63, 3.8) is 0 Å². The highest BCUT2D eigenvalue weighted by atomic mass is 35.5. The monoisotopic (exact) mass is 1680 g/mol. The summed E-state index contributed by atoms with van der Waals surface area (Å²) in [5, 5.41) is 27.0. The van der Waals surface area contributed by atoms with Gasteiger partial charge in [-0.15, -0.1) is 0 Å². The van der Waals surface area contributed by atoms with Crippen LogP contribution in [0, 0.1) is 0 Å². The second-order valence-electron chi connectivity index (χ2n) is 29.0. The average molecular weight is 1680 g/mol. The number of nitrogens with zero attached hydrogens (tertiary/aromatic N) is 9. The minimum atomic E-state index is -1.14. The number of methoxy groups -OCH3 is 3. The van der Waals surface area contributed by atoms with Gasteiger partial charge in [0.25, 0.3) is 16.7 Å². The highest BCUT2D eigenvalue weighted by Crippen LogP contribution is 2.39. The number of ether oxygens (including phenoxy) is 3. The Kier molecular flexibility index (Phi) is 27.6. The molecule has 6 aromatic heterocycles. The van der Waals surface area contributed by atoms with Gasteiger partial charge in [-0.3, -0.25) is 57.0 Å². The fourth-order valence-corrected chi connectivity index (χ4v) is 15.1. The van der Waals surface area contributed by atoms with Gasteiger partial charge in [-0.2, -0.15) is 15.3 Å². The fourth-order valence-electron chi connectivity index (χ4n) is 14.5. The summed E-state index contributed by atoms with van der Waals surface area (Å²) in [4.78, 5) is 117. The first kappa shape index (κ1) is 86.5. The zero-order valence-electron chi connectivity index (χ0n) is 67.6.